The lowest BCUT2D eigenvalue weighted by Gasteiger charge is -2.33. The van der Waals surface area contributed by atoms with E-state index in [4.69, 9.17) is 0 Å². The average molecular weight is 260 g/mol. The molecule has 1 heteroatoms. The predicted molar refractivity (Wildman–Crippen MR) is 81.4 cm³/mol. The van der Waals surface area contributed by atoms with Crippen LogP contribution in [0.2, 0.25) is 0 Å². The van der Waals surface area contributed by atoms with E-state index in [0.717, 1.165) is 19.3 Å². The van der Waals surface area contributed by atoms with E-state index < -0.39 is 0 Å². The predicted octanol–water partition coefficient (Wildman–Crippen LogP) is 4.47. The first-order valence-corrected chi connectivity index (χ1v) is 7.42. The molecule has 1 fully saturated rings. The third kappa shape index (κ3) is 4.07. The molecule has 0 bridgehead atoms. The zero-order valence-electron chi connectivity index (χ0n) is 13.1. The number of hydrogen-bond donors (Lipinski definition) is 1. The summed E-state index contributed by atoms with van der Waals surface area (Å²) in [6.45, 7) is 11.5. The Morgan fingerprint density at radius 2 is 1.53 bits per heavy atom. The Labute approximate surface area is 118 Å². The standard InChI is InChI=1S/C18H28O/c1-16(2,3)13-17(4,5)15-8-6-14(7-9-15)12-18(19)10-11-18/h6-9,19H,10-13H2,1-5H3. The van der Waals surface area contributed by atoms with Crippen molar-refractivity contribution in [3.63, 3.8) is 0 Å². The summed E-state index contributed by atoms with van der Waals surface area (Å²) in [4.78, 5) is 0. The van der Waals surface area contributed by atoms with Crippen molar-refractivity contribution >= 4 is 0 Å². The summed E-state index contributed by atoms with van der Waals surface area (Å²) in [5.74, 6) is 0. The highest BCUT2D eigenvalue weighted by molar-refractivity contribution is 5.29. The summed E-state index contributed by atoms with van der Waals surface area (Å²) in [7, 11) is 0. The van der Waals surface area contributed by atoms with Crippen molar-refractivity contribution in [2.45, 2.75) is 71.3 Å². The SMILES string of the molecule is CC(C)(C)CC(C)(C)c1ccc(CC2(O)CC2)cc1. The Morgan fingerprint density at radius 1 is 1.00 bits per heavy atom. The number of aliphatic hydroxyl groups is 1. The fourth-order valence-electron chi connectivity index (χ4n) is 3.20. The van der Waals surface area contributed by atoms with Crippen molar-refractivity contribution in [2.24, 2.45) is 5.41 Å². The van der Waals surface area contributed by atoms with Crippen LogP contribution in [-0.4, -0.2) is 10.7 Å². The van der Waals surface area contributed by atoms with Gasteiger partial charge in [-0.1, -0.05) is 58.9 Å². The Hall–Kier alpha value is -0.820. The second-order valence-corrected chi connectivity index (χ2v) is 8.22. The molecule has 0 heterocycles. The molecule has 1 aromatic rings. The van der Waals surface area contributed by atoms with Crippen molar-refractivity contribution < 1.29 is 5.11 Å². The highest BCUT2D eigenvalue weighted by atomic mass is 16.3. The van der Waals surface area contributed by atoms with Gasteiger partial charge in [-0.2, -0.15) is 0 Å². The number of rotatable bonds is 4. The van der Waals surface area contributed by atoms with Crippen LogP contribution in [0.1, 0.15) is 65.0 Å². The van der Waals surface area contributed by atoms with E-state index in [0.29, 0.717) is 5.41 Å². The van der Waals surface area contributed by atoms with Crippen molar-refractivity contribution in [1.82, 2.24) is 0 Å². The average Bonchev–Trinajstić information content (AvgIpc) is 2.93. The van der Waals surface area contributed by atoms with Gasteiger partial charge in [-0.15, -0.1) is 0 Å². The maximum Gasteiger partial charge on any atom is 0.0690 e. The summed E-state index contributed by atoms with van der Waals surface area (Å²) in [5, 5.41) is 9.96. The second kappa shape index (κ2) is 4.63. The monoisotopic (exact) mass is 260 g/mol. The molecule has 1 aromatic carbocycles. The molecule has 1 saturated carbocycles. The Balaban J connectivity index is 2.08. The minimum Gasteiger partial charge on any atom is -0.390 e. The van der Waals surface area contributed by atoms with Crippen LogP contribution in [0.4, 0.5) is 0 Å². The Kier molecular flexibility index (Phi) is 3.55. The zero-order chi connectivity index (χ0) is 14.3. The van der Waals surface area contributed by atoms with Gasteiger partial charge in [-0.05, 0) is 41.2 Å². The summed E-state index contributed by atoms with van der Waals surface area (Å²) >= 11 is 0. The van der Waals surface area contributed by atoms with E-state index in [1.54, 1.807) is 0 Å². The van der Waals surface area contributed by atoms with Gasteiger partial charge in [0.2, 0.25) is 0 Å². The molecule has 0 atom stereocenters. The van der Waals surface area contributed by atoms with Crippen LogP contribution in [0.5, 0.6) is 0 Å². The van der Waals surface area contributed by atoms with Gasteiger partial charge in [0.1, 0.15) is 0 Å². The van der Waals surface area contributed by atoms with Gasteiger partial charge in [0, 0.05) is 6.42 Å². The van der Waals surface area contributed by atoms with Crippen LogP contribution in [0.15, 0.2) is 24.3 Å². The fraction of sp³-hybridized carbons (Fsp3) is 0.667. The maximum absolute atomic E-state index is 9.96. The third-order valence-corrected chi connectivity index (χ3v) is 4.07. The van der Waals surface area contributed by atoms with E-state index in [1.807, 2.05) is 0 Å². The van der Waals surface area contributed by atoms with Crippen LogP contribution in [-0.2, 0) is 11.8 Å². The summed E-state index contributed by atoms with van der Waals surface area (Å²) in [6.07, 6.45) is 3.91. The Morgan fingerprint density at radius 3 is 1.95 bits per heavy atom. The molecule has 0 spiro atoms. The van der Waals surface area contributed by atoms with Gasteiger partial charge >= 0.3 is 0 Å². The zero-order valence-corrected chi connectivity index (χ0v) is 13.1. The summed E-state index contributed by atoms with van der Waals surface area (Å²) in [6, 6.07) is 8.87. The normalized spacial score (nSPS) is 18.4. The molecule has 0 aromatic heterocycles. The smallest absolute Gasteiger partial charge is 0.0690 e. The highest BCUT2D eigenvalue weighted by Crippen LogP contribution is 2.39. The topological polar surface area (TPSA) is 20.2 Å². The molecule has 1 N–H and O–H groups in total. The molecule has 106 valence electrons. The molecule has 1 aliphatic carbocycles. The molecule has 0 unspecified atom stereocenters. The molecule has 1 nitrogen and oxygen atoms in total. The van der Waals surface area contributed by atoms with Crippen LogP contribution in [0, 0.1) is 5.41 Å². The largest absolute Gasteiger partial charge is 0.390 e. The number of hydrogen-bond acceptors (Lipinski definition) is 1. The molecule has 19 heavy (non-hydrogen) atoms. The number of benzene rings is 1. The van der Waals surface area contributed by atoms with E-state index in [1.165, 1.54) is 17.5 Å². The minimum absolute atomic E-state index is 0.202. The van der Waals surface area contributed by atoms with Gasteiger partial charge in [0.15, 0.2) is 0 Å². The molecule has 1 aliphatic rings. The first-order chi connectivity index (χ1) is 8.60. The van der Waals surface area contributed by atoms with Crippen molar-refractivity contribution in [3.05, 3.63) is 35.4 Å². The Bertz CT molecular complexity index is 430. The van der Waals surface area contributed by atoms with Crippen LogP contribution < -0.4 is 0 Å². The van der Waals surface area contributed by atoms with E-state index in [9.17, 15) is 5.11 Å². The van der Waals surface area contributed by atoms with Gasteiger partial charge in [-0.25, -0.2) is 0 Å². The van der Waals surface area contributed by atoms with Gasteiger partial charge in [0.25, 0.3) is 0 Å². The van der Waals surface area contributed by atoms with Crippen molar-refractivity contribution in [1.29, 1.82) is 0 Å². The van der Waals surface area contributed by atoms with Gasteiger partial charge in [-0.3, -0.25) is 0 Å². The third-order valence-electron chi connectivity index (χ3n) is 4.07. The van der Waals surface area contributed by atoms with Crippen molar-refractivity contribution in [3.8, 4) is 0 Å². The highest BCUT2D eigenvalue weighted by Gasteiger charge is 2.40. The van der Waals surface area contributed by atoms with Crippen LogP contribution >= 0.6 is 0 Å². The summed E-state index contributed by atoms with van der Waals surface area (Å²) in [5.41, 5.74) is 2.81. The second-order valence-electron chi connectivity index (χ2n) is 8.22. The first-order valence-electron chi connectivity index (χ1n) is 7.42. The molecule has 0 amide bonds. The first kappa shape index (κ1) is 14.6. The van der Waals surface area contributed by atoms with Gasteiger partial charge in [0.05, 0.1) is 5.60 Å². The molecular formula is C18H28O. The lowest BCUT2D eigenvalue weighted by molar-refractivity contribution is 0.151. The lowest BCUT2D eigenvalue weighted by Crippen LogP contribution is -2.24. The fourth-order valence-corrected chi connectivity index (χ4v) is 3.20. The molecule has 0 aliphatic heterocycles. The lowest BCUT2D eigenvalue weighted by atomic mass is 9.72. The maximum atomic E-state index is 9.96. The molecular weight excluding hydrogens is 232 g/mol. The quantitative estimate of drug-likeness (QED) is 0.847. The van der Waals surface area contributed by atoms with Crippen LogP contribution in [0.3, 0.4) is 0 Å². The minimum atomic E-state index is -0.386. The van der Waals surface area contributed by atoms with E-state index in [-0.39, 0.29) is 11.0 Å². The van der Waals surface area contributed by atoms with Crippen molar-refractivity contribution in [2.75, 3.05) is 0 Å². The summed E-state index contributed by atoms with van der Waals surface area (Å²) < 4.78 is 0. The molecule has 0 saturated heterocycles. The van der Waals surface area contributed by atoms with E-state index >= 15 is 0 Å². The van der Waals surface area contributed by atoms with E-state index in [2.05, 4.69) is 58.9 Å². The molecule has 2 rings (SSSR count). The van der Waals surface area contributed by atoms with Gasteiger partial charge < -0.3 is 5.11 Å². The van der Waals surface area contributed by atoms with Crippen LogP contribution in [0.25, 0.3) is 0 Å². The molecule has 0 radical (unpaired) electrons.